The zero-order chi connectivity index (χ0) is 16.7. The van der Waals surface area contributed by atoms with Crippen LogP contribution >= 0.6 is 0 Å². The van der Waals surface area contributed by atoms with Crippen LogP contribution in [0.4, 0.5) is 5.69 Å². The second kappa shape index (κ2) is 7.93. The van der Waals surface area contributed by atoms with E-state index in [0.29, 0.717) is 24.6 Å². The third-order valence-electron chi connectivity index (χ3n) is 3.10. The third-order valence-corrected chi connectivity index (χ3v) is 3.10. The molecule has 1 heterocycles. The van der Waals surface area contributed by atoms with E-state index < -0.39 is 0 Å². The number of carbonyl (C=O) groups is 1. The molecule has 1 amide bonds. The summed E-state index contributed by atoms with van der Waals surface area (Å²) in [5.41, 5.74) is 9.59. The highest BCUT2D eigenvalue weighted by atomic mass is 16.1. The number of aryl methyl sites for hydroxylation is 2. The van der Waals surface area contributed by atoms with Crippen molar-refractivity contribution in [3.8, 4) is 0 Å². The molecule has 2 aromatic rings. The van der Waals surface area contributed by atoms with Crippen LogP contribution in [0.2, 0.25) is 0 Å². The van der Waals surface area contributed by atoms with Gasteiger partial charge in [-0.1, -0.05) is 6.07 Å². The van der Waals surface area contributed by atoms with Crippen LogP contribution in [0.1, 0.15) is 21.5 Å². The molecule has 0 aliphatic rings. The summed E-state index contributed by atoms with van der Waals surface area (Å²) in [5, 5.41) is 5.82. The molecule has 1 aromatic carbocycles. The number of hydrogen-bond acceptors (Lipinski definition) is 3. The van der Waals surface area contributed by atoms with Crippen LogP contribution in [0.25, 0.3) is 0 Å². The molecule has 0 aliphatic carbocycles. The van der Waals surface area contributed by atoms with Crippen molar-refractivity contribution in [1.82, 2.24) is 10.3 Å². The smallest absolute Gasteiger partial charge is 0.252 e. The number of guanidine groups is 1. The monoisotopic (exact) mass is 311 g/mol. The normalized spacial score (nSPS) is 11.1. The minimum atomic E-state index is -0.172. The molecule has 0 spiro atoms. The Kier molecular flexibility index (Phi) is 5.68. The summed E-state index contributed by atoms with van der Waals surface area (Å²) in [6.45, 7) is 4.86. The fourth-order valence-corrected chi connectivity index (χ4v) is 2.18. The van der Waals surface area contributed by atoms with Gasteiger partial charge in [0.05, 0.1) is 12.1 Å². The molecule has 0 saturated heterocycles. The molecule has 4 N–H and O–H groups in total. The van der Waals surface area contributed by atoms with Gasteiger partial charge in [0.1, 0.15) is 0 Å². The SMILES string of the molecule is Cc1cc(C)cc(NC(N)=NCCNC(=O)c2cccnc2)c1. The van der Waals surface area contributed by atoms with Gasteiger partial charge in [0.15, 0.2) is 5.96 Å². The molecule has 0 aliphatic heterocycles. The van der Waals surface area contributed by atoms with Gasteiger partial charge in [0.25, 0.3) is 5.91 Å². The van der Waals surface area contributed by atoms with Crippen molar-refractivity contribution in [3.63, 3.8) is 0 Å². The van der Waals surface area contributed by atoms with Gasteiger partial charge < -0.3 is 16.4 Å². The Labute approximate surface area is 135 Å². The summed E-state index contributed by atoms with van der Waals surface area (Å²) >= 11 is 0. The second-order valence-electron chi connectivity index (χ2n) is 5.27. The van der Waals surface area contributed by atoms with Crippen LogP contribution in [-0.2, 0) is 0 Å². The highest BCUT2D eigenvalue weighted by molar-refractivity contribution is 5.94. The number of benzene rings is 1. The Balaban J connectivity index is 1.80. The lowest BCUT2D eigenvalue weighted by Crippen LogP contribution is -2.28. The van der Waals surface area contributed by atoms with Gasteiger partial charge >= 0.3 is 0 Å². The van der Waals surface area contributed by atoms with Crippen molar-refractivity contribution in [2.75, 3.05) is 18.4 Å². The number of anilines is 1. The summed E-state index contributed by atoms with van der Waals surface area (Å²) in [6, 6.07) is 9.52. The first-order valence-corrected chi connectivity index (χ1v) is 7.38. The van der Waals surface area contributed by atoms with Gasteiger partial charge in [-0.05, 0) is 49.2 Å². The molecule has 120 valence electrons. The van der Waals surface area contributed by atoms with Gasteiger partial charge in [0.2, 0.25) is 0 Å². The van der Waals surface area contributed by atoms with Gasteiger partial charge in [-0.25, -0.2) is 0 Å². The van der Waals surface area contributed by atoms with Gasteiger partial charge in [-0.15, -0.1) is 0 Å². The number of nitrogens with one attached hydrogen (secondary N) is 2. The molecule has 2 rings (SSSR count). The standard InChI is InChI=1S/C17H21N5O/c1-12-8-13(2)10-15(9-12)22-17(18)21-7-6-20-16(23)14-4-3-5-19-11-14/h3-5,8-11H,6-7H2,1-2H3,(H,20,23)(H3,18,21,22). The molecule has 0 saturated carbocycles. The van der Waals surface area contributed by atoms with Crippen LogP contribution in [0.5, 0.6) is 0 Å². The van der Waals surface area contributed by atoms with Crippen LogP contribution in [0.15, 0.2) is 47.7 Å². The Hall–Kier alpha value is -2.89. The lowest BCUT2D eigenvalue weighted by molar-refractivity contribution is 0.0954. The molecule has 0 unspecified atom stereocenters. The van der Waals surface area contributed by atoms with E-state index in [1.807, 2.05) is 26.0 Å². The molecule has 0 bridgehead atoms. The maximum absolute atomic E-state index is 11.8. The highest BCUT2D eigenvalue weighted by Gasteiger charge is 2.03. The minimum absolute atomic E-state index is 0.172. The first kappa shape index (κ1) is 16.5. The number of amides is 1. The van der Waals surface area contributed by atoms with Crippen molar-refractivity contribution >= 4 is 17.6 Å². The fourth-order valence-electron chi connectivity index (χ4n) is 2.18. The molecule has 6 nitrogen and oxygen atoms in total. The topological polar surface area (TPSA) is 92.4 Å². The molecular weight excluding hydrogens is 290 g/mol. The second-order valence-corrected chi connectivity index (χ2v) is 5.27. The van der Waals surface area contributed by atoms with Gasteiger partial charge in [0, 0.05) is 24.6 Å². The third kappa shape index (κ3) is 5.43. The van der Waals surface area contributed by atoms with Crippen LogP contribution in [0.3, 0.4) is 0 Å². The van der Waals surface area contributed by atoms with Gasteiger partial charge in [-0.2, -0.15) is 0 Å². The average molecular weight is 311 g/mol. The Morgan fingerprint density at radius 2 is 2.00 bits per heavy atom. The van der Waals surface area contributed by atoms with E-state index in [9.17, 15) is 4.79 Å². The summed E-state index contributed by atoms with van der Waals surface area (Å²) in [6.07, 6.45) is 3.15. The van der Waals surface area contributed by atoms with E-state index in [2.05, 4.69) is 26.7 Å². The minimum Gasteiger partial charge on any atom is -0.370 e. The number of aromatic nitrogens is 1. The van der Waals surface area contributed by atoms with E-state index in [4.69, 9.17) is 5.73 Å². The molecule has 0 atom stereocenters. The van der Waals surface area contributed by atoms with Crippen molar-refractivity contribution in [1.29, 1.82) is 0 Å². The largest absolute Gasteiger partial charge is 0.370 e. The Morgan fingerprint density at radius 3 is 2.65 bits per heavy atom. The summed E-state index contributed by atoms with van der Waals surface area (Å²) in [7, 11) is 0. The predicted octanol–water partition coefficient (Wildman–Crippen LogP) is 1.86. The molecule has 0 fully saturated rings. The number of hydrogen-bond donors (Lipinski definition) is 3. The van der Waals surface area contributed by atoms with Crippen LogP contribution in [0, 0.1) is 13.8 Å². The number of aliphatic imine (C=N–C) groups is 1. The van der Waals surface area contributed by atoms with Gasteiger partial charge in [-0.3, -0.25) is 14.8 Å². The summed E-state index contributed by atoms with van der Waals surface area (Å²) < 4.78 is 0. The zero-order valence-corrected chi connectivity index (χ0v) is 13.3. The molecule has 23 heavy (non-hydrogen) atoms. The molecule has 1 aromatic heterocycles. The summed E-state index contributed by atoms with van der Waals surface area (Å²) in [4.78, 5) is 19.9. The molecule has 6 heteroatoms. The van der Waals surface area contributed by atoms with E-state index in [1.54, 1.807) is 18.3 Å². The predicted molar refractivity (Wildman–Crippen MR) is 92.6 cm³/mol. The van der Waals surface area contributed by atoms with E-state index >= 15 is 0 Å². The van der Waals surface area contributed by atoms with Crippen LogP contribution in [-0.4, -0.2) is 29.9 Å². The van der Waals surface area contributed by atoms with E-state index in [-0.39, 0.29) is 5.91 Å². The number of nitrogens with zero attached hydrogens (tertiary/aromatic N) is 2. The first-order valence-electron chi connectivity index (χ1n) is 7.38. The van der Waals surface area contributed by atoms with Crippen molar-refractivity contribution in [2.45, 2.75) is 13.8 Å². The van der Waals surface area contributed by atoms with Crippen LogP contribution < -0.4 is 16.4 Å². The lowest BCUT2D eigenvalue weighted by atomic mass is 10.1. The van der Waals surface area contributed by atoms with E-state index in [1.165, 1.54) is 6.20 Å². The number of rotatable bonds is 5. The number of carbonyl (C=O) groups excluding carboxylic acids is 1. The van der Waals surface area contributed by atoms with Crippen molar-refractivity contribution in [3.05, 3.63) is 59.4 Å². The number of pyridine rings is 1. The molecule has 0 radical (unpaired) electrons. The zero-order valence-electron chi connectivity index (χ0n) is 13.3. The lowest BCUT2D eigenvalue weighted by Gasteiger charge is -2.08. The fraction of sp³-hybridized carbons (Fsp3) is 0.235. The maximum Gasteiger partial charge on any atom is 0.252 e. The Morgan fingerprint density at radius 1 is 1.26 bits per heavy atom. The average Bonchev–Trinajstić information content (AvgIpc) is 2.51. The number of nitrogens with two attached hydrogens (primary N) is 1. The quantitative estimate of drug-likeness (QED) is 0.446. The Bertz CT molecular complexity index is 677. The maximum atomic E-state index is 11.8. The first-order chi connectivity index (χ1) is 11.0. The highest BCUT2D eigenvalue weighted by Crippen LogP contribution is 2.13. The molecular formula is C17H21N5O. The van der Waals surface area contributed by atoms with Crippen molar-refractivity contribution < 1.29 is 4.79 Å². The van der Waals surface area contributed by atoms with Crippen molar-refractivity contribution in [2.24, 2.45) is 10.7 Å². The summed E-state index contributed by atoms with van der Waals surface area (Å²) in [5.74, 6) is 0.153. The van der Waals surface area contributed by atoms with E-state index in [0.717, 1.165) is 16.8 Å².